The number of carbonyl (C=O) groups is 2. The number of halogens is 1. The van der Waals surface area contributed by atoms with Gasteiger partial charge in [-0.1, -0.05) is 48.5 Å². The monoisotopic (exact) mass is 437 g/mol. The maximum atomic E-state index is 12.6. The summed E-state index contributed by atoms with van der Waals surface area (Å²) >= 11 is 0. The molecule has 3 aromatic rings. The lowest BCUT2D eigenvalue weighted by molar-refractivity contribution is -0.140. The van der Waals surface area contributed by atoms with Gasteiger partial charge >= 0.3 is 5.97 Å². The number of anilines is 1. The van der Waals surface area contributed by atoms with Gasteiger partial charge in [-0.05, 0) is 47.4 Å². The van der Waals surface area contributed by atoms with E-state index in [2.05, 4.69) is 10.1 Å². The highest BCUT2D eigenvalue weighted by atomic mass is 35.5. The van der Waals surface area contributed by atoms with E-state index in [0.29, 0.717) is 29.7 Å². The zero-order chi connectivity index (χ0) is 21.5. The smallest absolute Gasteiger partial charge is 0.305 e. The van der Waals surface area contributed by atoms with Crippen molar-refractivity contribution in [3.63, 3.8) is 0 Å². The number of nitrogen functional groups attached to an aromatic ring is 1. The lowest BCUT2D eigenvalue weighted by Crippen LogP contribution is -2.12. The van der Waals surface area contributed by atoms with E-state index in [1.807, 2.05) is 48.5 Å². The molecule has 0 bridgehead atoms. The van der Waals surface area contributed by atoms with E-state index < -0.39 is 0 Å². The van der Waals surface area contributed by atoms with Crippen molar-refractivity contribution in [2.24, 2.45) is 5.73 Å². The summed E-state index contributed by atoms with van der Waals surface area (Å²) in [5.41, 5.74) is 10.3. The average Bonchev–Trinajstić information content (AvgIpc) is 2.78. The van der Waals surface area contributed by atoms with Crippen molar-refractivity contribution in [3.05, 3.63) is 89.5 Å². The fourth-order valence-electron chi connectivity index (χ4n) is 3.01. The number of carbonyl (C=O) groups excluding carboxylic acids is 2. The molecule has 0 unspecified atom stereocenters. The minimum absolute atomic E-state index is 0. The third-order valence-electron chi connectivity index (χ3n) is 4.71. The third kappa shape index (κ3) is 6.42. The number of aryl methyl sites for hydroxylation is 1. The Morgan fingerprint density at radius 1 is 0.935 bits per heavy atom. The standard InChI is InChI=1S/C24H23N3O3.ClH/c1-30-22(28)14-5-16-3-2-4-21(15-16)27-24(29)20-12-8-18(9-13-20)17-6-10-19(11-7-17)23(25)26;/h2-4,6-13,15H,5,14H2,1H3,(H3,25,26)(H,27,29);1H. The van der Waals surface area contributed by atoms with Crippen LogP contribution in [0, 0.1) is 5.41 Å². The van der Waals surface area contributed by atoms with Crippen LogP contribution in [0.5, 0.6) is 0 Å². The summed E-state index contributed by atoms with van der Waals surface area (Å²) in [4.78, 5) is 23.9. The first-order valence-corrected chi connectivity index (χ1v) is 9.48. The fourth-order valence-corrected chi connectivity index (χ4v) is 3.01. The van der Waals surface area contributed by atoms with Gasteiger partial charge in [-0.3, -0.25) is 15.0 Å². The first-order chi connectivity index (χ1) is 14.5. The molecule has 0 aromatic heterocycles. The minimum Gasteiger partial charge on any atom is -0.469 e. The fraction of sp³-hybridized carbons (Fsp3) is 0.125. The van der Waals surface area contributed by atoms with Crippen LogP contribution < -0.4 is 11.1 Å². The summed E-state index contributed by atoms with van der Waals surface area (Å²) < 4.78 is 4.66. The summed E-state index contributed by atoms with van der Waals surface area (Å²) in [6, 6.07) is 22.1. The molecule has 4 N–H and O–H groups in total. The van der Waals surface area contributed by atoms with Crippen molar-refractivity contribution in [2.45, 2.75) is 12.8 Å². The Kier molecular flexibility index (Phi) is 8.34. The van der Waals surface area contributed by atoms with Gasteiger partial charge in [0.05, 0.1) is 7.11 Å². The molecule has 0 saturated carbocycles. The topological polar surface area (TPSA) is 105 Å². The van der Waals surface area contributed by atoms with Gasteiger partial charge in [-0.25, -0.2) is 0 Å². The number of methoxy groups -OCH3 is 1. The van der Waals surface area contributed by atoms with Crippen LogP contribution in [0.2, 0.25) is 0 Å². The van der Waals surface area contributed by atoms with E-state index in [0.717, 1.165) is 16.7 Å². The number of hydrogen-bond donors (Lipinski definition) is 3. The van der Waals surface area contributed by atoms with Crippen LogP contribution in [0.15, 0.2) is 72.8 Å². The molecule has 31 heavy (non-hydrogen) atoms. The highest BCUT2D eigenvalue weighted by Gasteiger charge is 2.08. The summed E-state index contributed by atoms with van der Waals surface area (Å²) in [5.74, 6) is -0.443. The third-order valence-corrected chi connectivity index (χ3v) is 4.71. The number of hydrogen-bond acceptors (Lipinski definition) is 4. The number of amidine groups is 1. The quantitative estimate of drug-likeness (QED) is 0.289. The van der Waals surface area contributed by atoms with E-state index in [1.54, 1.807) is 24.3 Å². The van der Waals surface area contributed by atoms with Crippen molar-refractivity contribution in [3.8, 4) is 11.1 Å². The Bertz CT molecular complexity index is 1060. The molecular weight excluding hydrogens is 414 g/mol. The van der Waals surface area contributed by atoms with Crippen molar-refractivity contribution < 1.29 is 14.3 Å². The SMILES string of the molecule is COC(=O)CCc1cccc(NC(=O)c2ccc(-c3ccc(C(=N)N)cc3)cc2)c1.Cl. The predicted molar refractivity (Wildman–Crippen MR) is 125 cm³/mol. The number of ether oxygens (including phenoxy) is 1. The summed E-state index contributed by atoms with van der Waals surface area (Å²) in [7, 11) is 1.37. The van der Waals surface area contributed by atoms with Crippen LogP contribution >= 0.6 is 12.4 Å². The molecular formula is C24H24ClN3O3. The minimum atomic E-state index is -0.263. The summed E-state index contributed by atoms with van der Waals surface area (Å²) in [6.07, 6.45) is 0.844. The van der Waals surface area contributed by atoms with Crippen LogP contribution in [-0.4, -0.2) is 24.8 Å². The normalized spacial score (nSPS) is 9.97. The molecule has 6 nitrogen and oxygen atoms in total. The second-order valence-corrected chi connectivity index (χ2v) is 6.80. The number of rotatable bonds is 7. The highest BCUT2D eigenvalue weighted by molar-refractivity contribution is 6.04. The molecule has 3 aromatic carbocycles. The second kappa shape index (κ2) is 10.9. The van der Waals surface area contributed by atoms with Crippen LogP contribution in [0.25, 0.3) is 11.1 Å². The summed E-state index contributed by atoms with van der Waals surface area (Å²) in [6.45, 7) is 0. The molecule has 0 radical (unpaired) electrons. The molecule has 0 spiro atoms. The Morgan fingerprint density at radius 3 is 2.06 bits per heavy atom. The molecule has 0 aliphatic rings. The maximum Gasteiger partial charge on any atom is 0.305 e. The molecule has 0 aliphatic carbocycles. The van der Waals surface area contributed by atoms with E-state index >= 15 is 0 Å². The number of esters is 1. The van der Waals surface area contributed by atoms with Crippen molar-refractivity contribution in [2.75, 3.05) is 12.4 Å². The molecule has 3 rings (SSSR count). The van der Waals surface area contributed by atoms with Crippen LogP contribution in [0.1, 0.15) is 27.9 Å². The molecule has 160 valence electrons. The molecule has 0 saturated heterocycles. The van der Waals surface area contributed by atoms with E-state index in [4.69, 9.17) is 11.1 Å². The van der Waals surface area contributed by atoms with E-state index in [-0.39, 0.29) is 30.1 Å². The number of nitrogens with one attached hydrogen (secondary N) is 2. The van der Waals surface area contributed by atoms with Gasteiger partial charge in [-0.2, -0.15) is 0 Å². The van der Waals surface area contributed by atoms with Crippen molar-refractivity contribution in [1.29, 1.82) is 5.41 Å². The van der Waals surface area contributed by atoms with Gasteiger partial charge in [0.2, 0.25) is 0 Å². The largest absolute Gasteiger partial charge is 0.469 e. The zero-order valence-corrected chi connectivity index (χ0v) is 17.9. The Balaban J connectivity index is 0.00000341. The summed E-state index contributed by atoms with van der Waals surface area (Å²) in [5, 5.41) is 10.3. The van der Waals surface area contributed by atoms with Gasteiger partial charge in [0.25, 0.3) is 5.91 Å². The van der Waals surface area contributed by atoms with Gasteiger partial charge in [0.1, 0.15) is 5.84 Å². The van der Waals surface area contributed by atoms with Gasteiger partial charge in [0.15, 0.2) is 0 Å². The first kappa shape index (κ1) is 23.6. The highest BCUT2D eigenvalue weighted by Crippen LogP contribution is 2.21. The zero-order valence-electron chi connectivity index (χ0n) is 17.1. The Labute approximate surface area is 187 Å². The molecule has 0 fully saturated rings. The average molecular weight is 438 g/mol. The molecule has 0 aliphatic heterocycles. The predicted octanol–water partition coefficient (Wildman–Crippen LogP) is 4.42. The van der Waals surface area contributed by atoms with Gasteiger partial charge in [0, 0.05) is 23.2 Å². The lowest BCUT2D eigenvalue weighted by atomic mass is 10.0. The first-order valence-electron chi connectivity index (χ1n) is 9.48. The van der Waals surface area contributed by atoms with Gasteiger partial charge < -0.3 is 15.8 Å². The van der Waals surface area contributed by atoms with Crippen molar-refractivity contribution >= 4 is 35.8 Å². The molecule has 1 amide bonds. The maximum absolute atomic E-state index is 12.6. The lowest BCUT2D eigenvalue weighted by Gasteiger charge is -2.09. The van der Waals surface area contributed by atoms with Crippen LogP contribution in [-0.2, 0) is 16.0 Å². The number of amides is 1. The Morgan fingerprint density at radius 2 is 1.52 bits per heavy atom. The second-order valence-electron chi connectivity index (χ2n) is 6.80. The number of nitrogens with two attached hydrogens (primary N) is 1. The molecule has 0 atom stereocenters. The van der Waals surface area contributed by atoms with Crippen molar-refractivity contribution in [1.82, 2.24) is 0 Å². The molecule has 7 heteroatoms. The Hall–Kier alpha value is -3.64. The van der Waals surface area contributed by atoms with E-state index in [1.165, 1.54) is 7.11 Å². The molecule has 0 heterocycles. The van der Waals surface area contributed by atoms with E-state index in [9.17, 15) is 9.59 Å². The number of benzene rings is 3. The van der Waals surface area contributed by atoms with Crippen LogP contribution in [0.4, 0.5) is 5.69 Å². The van der Waals surface area contributed by atoms with Crippen LogP contribution in [0.3, 0.4) is 0 Å². The van der Waals surface area contributed by atoms with Gasteiger partial charge in [-0.15, -0.1) is 12.4 Å².